The normalized spacial score (nSPS) is 18.8. The molecule has 0 unspecified atom stereocenters. The van der Waals surface area contributed by atoms with Gasteiger partial charge in [-0.05, 0) is 51.9 Å². The third kappa shape index (κ3) is 8.05. The Morgan fingerprint density at radius 2 is 1.70 bits per heavy atom. The fraction of sp³-hybridized carbons (Fsp3) is 0.944. The fourth-order valence-corrected chi connectivity index (χ4v) is 3.61. The van der Waals surface area contributed by atoms with Gasteiger partial charge in [-0.2, -0.15) is 0 Å². The van der Waals surface area contributed by atoms with Gasteiger partial charge in [-0.3, -0.25) is 0 Å². The van der Waals surface area contributed by atoms with E-state index in [0.717, 1.165) is 43.4 Å². The van der Waals surface area contributed by atoms with Crippen molar-refractivity contribution >= 4 is 28.7 Å². The van der Waals surface area contributed by atoms with Gasteiger partial charge in [0.05, 0.1) is 5.60 Å². The molecule has 1 heterocycles. The van der Waals surface area contributed by atoms with Crippen LogP contribution in [0.5, 0.6) is 0 Å². The Labute approximate surface area is 155 Å². The summed E-state index contributed by atoms with van der Waals surface area (Å²) in [5, 5.41) is 0. The fourth-order valence-electron chi connectivity index (χ4n) is 2.63. The number of nitrogens with zero attached hydrogens (tertiary/aromatic N) is 1. The summed E-state index contributed by atoms with van der Waals surface area (Å²) >= 11 is 2.41. The summed E-state index contributed by atoms with van der Waals surface area (Å²) in [5.41, 5.74) is -0.143. The van der Waals surface area contributed by atoms with E-state index in [1.165, 1.54) is 6.42 Å². The van der Waals surface area contributed by atoms with E-state index in [-0.39, 0.29) is 11.7 Å². The van der Waals surface area contributed by atoms with Gasteiger partial charge >= 0.3 is 6.09 Å². The number of carbonyl (C=O) groups is 1. The van der Waals surface area contributed by atoms with Gasteiger partial charge in [-0.25, -0.2) is 4.79 Å². The van der Waals surface area contributed by atoms with Crippen molar-refractivity contribution in [1.29, 1.82) is 0 Å². The number of alkyl halides is 1. The zero-order valence-corrected chi connectivity index (χ0v) is 17.9. The number of carbonyl (C=O) groups excluding carboxylic acids is 1. The zero-order chi connectivity index (χ0) is 17.7. The second-order valence-corrected chi connectivity index (χ2v) is 9.56. The van der Waals surface area contributed by atoms with Gasteiger partial charge in [-0.15, -0.1) is 0 Å². The summed E-state index contributed by atoms with van der Waals surface area (Å²) < 4.78 is 12.7. The first-order valence-corrected chi connectivity index (χ1v) is 10.2. The monoisotopic (exact) mass is 439 g/mol. The lowest BCUT2D eigenvalue weighted by Crippen LogP contribution is -2.50. The molecule has 0 atom stereocenters. The minimum absolute atomic E-state index is 0.0725. The highest BCUT2D eigenvalue weighted by atomic mass is 127. The van der Waals surface area contributed by atoms with Gasteiger partial charge in [0.25, 0.3) is 0 Å². The first kappa shape index (κ1) is 21.0. The van der Waals surface area contributed by atoms with Crippen LogP contribution in [0.1, 0.15) is 67.2 Å². The second kappa shape index (κ2) is 8.37. The molecule has 0 saturated carbocycles. The van der Waals surface area contributed by atoms with Crippen LogP contribution in [0.4, 0.5) is 4.79 Å². The quantitative estimate of drug-likeness (QED) is 0.343. The molecule has 136 valence electrons. The summed E-state index contributed by atoms with van der Waals surface area (Å²) in [7, 11) is 0. The van der Waals surface area contributed by atoms with Crippen LogP contribution in [0, 0.1) is 5.41 Å². The number of hydrogen-bond donors (Lipinski definition) is 0. The molecule has 5 heteroatoms. The Morgan fingerprint density at radius 1 is 1.13 bits per heavy atom. The molecule has 0 aromatic heterocycles. The molecular weight excluding hydrogens is 405 g/mol. The lowest BCUT2D eigenvalue weighted by Gasteiger charge is -2.41. The van der Waals surface area contributed by atoms with Crippen LogP contribution in [-0.2, 0) is 9.47 Å². The van der Waals surface area contributed by atoms with Gasteiger partial charge < -0.3 is 14.4 Å². The van der Waals surface area contributed by atoms with Crippen molar-refractivity contribution in [2.75, 3.05) is 24.1 Å². The summed E-state index contributed by atoms with van der Waals surface area (Å²) in [6.07, 6.45) is 3.86. The van der Waals surface area contributed by atoms with Crippen molar-refractivity contribution < 1.29 is 14.3 Å². The van der Waals surface area contributed by atoms with Gasteiger partial charge in [-0.1, -0.05) is 43.4 Å². The van der Waals surface area contributed by atoms with E-state index in [0.29, 0.717) is 5.41 Å². The molecule has 0 radical (unpaired) electrons. The Balaban J connectivity index is 2.42. The largest absolute Gasteiger partial charge is 0.444 e. The maximum atomic E-state index is 12.1. The SMILES string of the molecule is CC(C)(C)CCCOC1(CI)CCN(C(=O)OC(C)(C)C)CC1. The average molecular weight is 439 g/mol. The molecule has 0 aliphatic carbocycles. The maximum absolute atomic E-state index is 12.1. The van der Waals surface area contributed by atoms with Crippen molar-refractivity contribution in [3.8, 4) is 0 Å². The number of rotatable bonds is 5. The number of likely N-dealkylation sites (tertiary alicyclic amines) is 1. The smallest absolute Gasteiger partial charge is 0.410 e. The molecule has 1 amide bonds. The van der Waals surface area contributed by atoms with Crippen molar-refractivity contribution in [1.82, 2.24) is 4.90 Å². The van der Waals surface area contributed by atoms with Gasteiger partial charge in [0, 0.05) is 24.1 Å². The molecule has 1 aliphatic heterocycles. The molecule has 0 N–H and O–H groups in total. The number of hydrogen-bond acceptors (Lipinski definition) is 3. The summed E-state index contributed by atoms with van der Waals surface area (Å²) in [4.78, 5) is 14.0. The van der Waals surface area contributed by atoms with E-state index in [1.807, 2.05) is 25.7 Å². The van der Waals surface area contributed by atoms with Crippen LogP contribution in [0.2, 0.25) is 0 Å². The number of piperidine rings is 1. The standard InChI is InChI=1S/C18H34INO3/c1-16(2,3)8-7-13-22-18(14-19)9-11-20(12-10-18)15(21)23-17(4,5)6/h7-14H2,1-6H3. The highest BCUT2D eigenvalue weighted by Gasteiger charge is 2.37. The van der Waals surface area contributed by atoms with Crippen molar-refractivity contribution in [2.45, 2.75) is 78.4 Å². The van der Waals surface area contributed by atoms with E-state index in [2.05, 4.69) is 43.4 Å². The van der Waals surface area contributed by atoms with E-state index < -0.39 is 5.60 Å². The van der Waals surface area contributed by atoms with Gasteiger partial charge in [0.1, 0.15) is 5.60 Å². The Hall–Kier alpha value is -0.0400. The van der Waals surface area contributed by atoms with E-state index in [1.54, 1.807) is 0 Å². The molecule has 4 nitrogen and oxygen atoms in total. The molecule has 1 rings (SSSR count). The topological polar surface area (TPSA) is 38.8 Å². The van der Waals surface area contributed by atoms with Crippen LogP contribution < -0.4 is 0 Å². The van der Waals surface area contributed by atoms with E-state index in [4.69, 9.17) is 9.47 Å². The summed E-state index contributed by atoms with van der Waals surface area (Å²) in [6.45, 7) is 14.8. The maximum Gasteiger partial charge on any atom is 0.410 e. The molecule has 0 aromatic rings. The van der Waals surface area contributed by atoms with Crippen LogP contribution >= 0.6 is 22.6 Å². The predicted molar refractivity (Wildman–Crippen MR) is 103 cm³/mol. The molecule has 0 aromatic carbocycles. The number of halogens is 1. The average Bonchev–Trinajstić information content (AvgIpc) is 2.41. The Bertz CT molecular complexity index is 377. The third-order valence-corrected chi connectivity index (χ3v) is 5.44. The molecule has 0 bridgehead atoms. The van der Waals surface area contributed by atoms with Crippen LogP contribution in [0.3, 0.4) is 0 Å². The molecule has 1 fully saturated rings. The van der Waals surface area contributed by atoms with Crippen LogP contribution in [0.25, 0.3) is 0 Å². The van der Waals surface area contributed by atoms with E-state index >= 15 is 0 Å². The minimum atomic E-state index is -0.432. The van der Waals surface area contributed by atoms with Gasteiger partial charge in [0.15, 0.2) is 0 Å². The lowest BCUT2D eigenvalue weighted by molar-refractivity contribution is -0.0696. The van der Waals surface area contributed by atoms with Crippen molar-refractivity contribution in [3.63, 3.8) is 0 Å². The molecule has 23 heavy (non-hydrogen) atoms. The van der Waals surface area contributed by atoms with Crippen molar-refractivity contribution in [3.05, 3.63) is 0 Å². The van der Waals surface area contributed by atoms with Gasteiger partial charge in [0.2, 0.25) is 0 Å². The highest BCUT2D eigenvalue weighted by molar-refractivity contribution is 14.1. The highest BCUT2D eigenvalue weighted by Crippen LogP contribution is 2.30. The van der Waals surface area contributed by atoms with Crippen LogP contribution in [0.15, 0.2) is 0 Å². The molecule has 0 spiro atoms. The number of ether oxygens (including phenoxy) is 2. The van der Waals surface area contributed by atoms with E-state index in [9.17, 15) is 4.79 Å². The third-order valence-electron chi connectivity index (χ3n) is 4.05. The summed E-state index contributed by atoms with van der Waals surface area (Å²) in [5.74, 6) is 0. The molecule has 1 aliphatic rings. The first-order chi connectivity index (χ1) is 10.5. The van der Waals surface area contributed by atoms with Crippen LogP contribution in [-0.4, -0.2) is 46.3 Å². The molecule has 1 saturated heterocycles. The predicted octanol–water partition coefficient (Wildman–Crippen LogP) is 5.03. The first-order valence-electron chi connectivity index (χ1n) is 8.64. The second-order valence-electron chi connectivity index (χ2n) is 8.80. The number of amides is 1. The lowest BCUT2D eigenvalue weighted by atomic mass is 9.90. The Kier molecular flexibility index (Phi) is 7.64. The zero-order valence-electron chi connectivity index (χ0n) is 15.7. The summed E-state index contributed by atoms with van der Waals surface area (Å²) in [6, 6.07) is 0. The molecular formula is C18H34INO3. The Morgan fingerprint density at radius 3 is 2.13 bits per heavy atom. The van der Waals surface area contributed by atoms with Crippen molar-refractivity contribution in [2.24, 2.45) is 5.41 Å². The minimum Gasteiger partial charge on any atom is -0.444 e.